The zero-order valence-corrected chi connectivity index (χ0v) is 27.7. The van der Waals surface area contributed by atoms with E-state index in [9.17, 15) is 14.7 Å². The summed E-state index contributed by atoms with van der Waals surface area (Å²) < 4.78 is 24.2. The number of hydrogen-bond donors (Lipinski definition) is 3. The van der Waals surface area contributed by atoms with E-state index in [0.29, 0.717) is 28.8 Å². The fraction of sp³-hybridized carbons (Fsp3) is 0.237. The monoisotopic (exact) mass is 679 g/mol. The molecule has 49 heavy (non-hydrogen) atoms. The average Bonchev–Trinajstić information content (AvgIpc) is 3.59. The maximum Gasteiger partial charge on any atom is 0.325 e. The standard InChI is InChI=1S/C38H37N3O7S/c1-2-45-33(43)22-39-37(44)40-30-19-17-29(18-20-30)36-46-31(21-32(47-36)26-15-13-25(23-42)14-16-26)24-49-38-41-34(27-9-5-3-6-10-27)35(48-38)28-11-7-4-8-12-28/h3-20,31-32,36,42H,2,21-24H2,1H3,(H2,39,40,44)/t31-,32+,36+/m1/s1. The van der Waals surface area contributed by atoms with Gasteiger partial charge in [-0.1, -0.05) is 109 Å². The van der Waals surface area contributed by atoms with Crippen LogP contribution in [0.4, 0.5) is 10.5 Å². The van der Waals surface area contributed by atoms with E-state index in [2.05, 4.69) is 10.6 Å². The van der Waals surface area contributed by atoms with Gasteiger partial charge in [-0.25, -0.2) is 9.78 Å². The van der Waals surface area contributed by atoms with E-state index < -0.39 is 18.3 Å². The number of ether oxygens (including phenoxy) is 3. The normalized spacial score (nSPS) is 17.3. The van der Waals surface area contributed by atoms with E-state index in [0.717, 1.165) is 33.5 Å². The topological polar surface area (TPSA) is 132 Å². The number of anilines is 1. The summed E-state index contributed by atoms with van der Waals surface area (Å²) in [5.74, 6) is 0.767. The summed E-state index contributed by atoms with van der Waals surface area (Å²) in [7, 11) is 0. The molecule has 11 heteroatoms. The minimum absolute atomic E-state index is 0.0376. The van der Waals surface area contributed by atoms with Gasteiger partial charge in [-0.15, -0.1) is 0 Å². The van der Waals surface area contributed by atoms with Crippen LogP contribution in [0, 0.1) is 0 Å². The predicted octanol–water partition coefficient (Wildman–Crippen LogP) is 7.52. The fourth-order valence-corrected chi connectivity index (χ4v) is 6.23. The summed E-state index contributed by atoms with van der Waals surface area (Å²) in [5.41, 5.74) is 5.82. The van der Waals surface area contributed by atoms with E-state index in [1.54, 1.807) is 19.1 Å². The first-order valence-corrected chi connectivity index (χ1v) is 17.0. The van der Waals surface area contributed by atoms with Crippen LogP contribution >= 0.6 is 11.8 Å². The van der Waals surface area contributed by atoms with Gasteiger partial charge in [0.1, 0.15) is 12.2 Å². The van der Waals surface area contributed by atoms with Crippen molar-refractivity contribution in [2.75, 3.05) is 24.2 Å². The lowest BCUT2D eigenvalue weighted by Gasteiger charge is -2.36. The van der Waals surface area contributed by atoms with E-state index >= 15 is 0 Å². The molecule has 2 heterocycles. The van der Waals surface area contributed by atoms with Crippen LogP contribution in [0.25, 0.3) is 22.6 Å². The summed E-state index contributed by atoms with van der Waals surface area (Å²) in [6.45, 7) is 1.68. The lowest BCUT2D eigenvalue weighted by molar-refractivity contribution is -0.245. The van der Waals surface area contributed by atoms with Crippen LogP contribution in [0.5, 0.6) is 0 Å². The molecule has 1 aliphatic heterocycles. The maximum absolute atomic E-state index is 12.3. The highest BCUT2D eigenvalue weighted by Gasteiger charge is 2.33. The van der Waals surface area contributed by atoms with E-state index in [-0.39, 0.29) is 32.0 Å². The Bertz CT molecular complexity index is 1760. The highest BCUT2D eigenvalue weighted by atomic mass is 32.2. The maximum atomic E-state index is 12.3. The Balaban J connectivity index is 1.18. The molecule has 3 atom stereocenters. The van der Waals surface area contributed by atoms with Gasteiger partial charge in [-0.2, -0.15) is 0 Å². The average molecular weight is 680 g/mol. The SMILES string of the molecule is CCOC(=O)CNC(=O)Nc1ccc([C@H]2O[C@@H](CSc3nc(-c4ccccc4)c(-c4ccccc4)o3)C[C@@H](c3ccc(CO)cc3)O2)cc1. The van der Waals surface area contributed by atoms with Gasteiger partial charge >= 0.3 is 12.0 Å². The van der Waals surface area contributed by atoms with Gasteiger partial charge in [-0.3, -0.25) is 4.79 Å². The number of nitrogens with one attached hydrogen (secondary N) is 2. The van der Waals surface area contributed by atoms with Gasteiger partial charge in [-0.05, 0) is 30.2 Å². The Morgan fingerprint density at radius 3 is 2.22 bits per heavy atom. The summed E-state index contributed by atoms with van der Waals surface area (Å²) in [5, 5.41) is 15.3. The third-order valence-corrected chi connectivity index (χ3v) is 8.80. The second kappa shape index (κ2) is 16.4. The summed E-state index contributed by atoms with van der Waals surface area (Å²) in [6, 6.07) is 34.3. The molecule has 252 valence electrons. The van der Waals surface area contributed by atoms with Crippen molar-refractivity contribution in [3.05, 3.63) is 126 Å². The van der Waals surface area contributed by atoms with Crippen molar-refractivity contribution < 1.29 is 33.3 Å². The number of amides is 2. The number of carbonyl (C=O) groups excluding carboxylic acids is 2. The van der Waals surface area contributed by atoms with Crippen molar-refractivity contribution >= 4 is 29.4 Å². The smallest absolute Gasteiger partial charge is 0.325 e. The number of aromatic nitrogens is 1. The number of benzene rings is 4. The number of nitrogens with zero attached hydrogens (tertiary/aromatic N) is 1. The van der Waals surface area contributed by atoms with Crippen LogP contribution in [0.2, 0.25) is 0 Å². The second-order valence-electron chi connectivity index (χ2n) is 11.3. The lowest BCUT2D eigenvalue weighted by atomic mass is 10.0. The number of aliphatic hydroxyl groups excluding tert-OH is 1. The van der Waals surface area contributed by atoms with Crippen molar-refractivity contribution in [3.8, 4) is 22.6 Å². The van der Waals surface area contributed by atoms with Gasteiger partial charge in [0.25, 0.3) is 5.22 Å². The van der Waals surface area contributed by atoms with Gasteiger partial charge in [0.05, 0.1) is 25.4 Å². The molecule has 1 saturated heterocycles. The minimum atomic E-state index is -0.683. The molecule has 2 amide bonds. The molecule has 0 spiro atoms. The Kier molecular flexibility index (Phi) is 11.4. The van der Waals surface area contributed by atoms with Gasteiger partial charge in [0.15, 0.2) is 12.1 Å². The molecule has 1 aliphatic rings. The Hall–Kier alpha value is -4.94. The van der Waals surface area contributed by atoms with Crippen LogP contribution in [-0.2, 0) is 25.6 Å². The number of thioether (sulfide) groups is 1. The highest BCUT2D eigenvalue weighted by molar-refractivity contribution is 7.99. The van der Waals surface area contributed by atoms with Crippen LogP contribution in [0.3, 0.4) is 0 Å². The molecule has 0 radical (unpaired) electrons. The van der Waals surface area contributed by atoms with Crippen LogP contribution in [0.15, 0.2) is 119 Å². The lowest BCUT2D eigenvalue weighted by Crippen LogP contribution is -2.34. The predicted molar refractivity (Wildman–Crippen MR) is 187 cm³/mol. The first-order valence-electron chi connectivity index (χ1n) is 16.0. The molecule has 0 unspecified atom stereocenters. The molecule has 1 fully saturated rings. The summed E-state index contributed by atoms with van der Waals surface area (Å²) in [6.07, 6.45) is -0.573. The Morgan fingerprint density at radius 2 is 1.55 bits per heavy atom. The highest BCUT2D eigenvalue weighted by Crippen LogP contribution is 2.41. The number of oxazole rings is 1. The minimum Gasteiger partial charge on any atom is -0.465 e. The molecule has 4 aromatic carbocycles. The van der Waals surface area contributed by atoms with Gasteiger partial charge in [0.2, 0.25) is 0 Å². The third-order valence-electron chi connectivity index (χ3n) is 7.84. The van der Waals surface area contributed by atoms with Crippen LogP contribution in [-0.4, -0.2) is 47.1 Å². The number of aliphatic hydroxyl groups is 1. The van der Waals surface area contributed by atoms with Crippen molar-refractivity contribution in [1.29, 1.82) is 0 Å². The molecule has 3 N–H and O–H groups in total. The molecule has 0 bridgehead atoms. The molecule has 1 aromatic heterocycles. The number of carbonyl (C=O) groups is 2. The molecule has 6 rings (SSSR count). The largest absolute Gasteiger partial charge is 0.465 e. The molecule has 10 nitrogen and oxygen atoms in total. The Labute approximate surface area is 288 Å². The van der Waals surface area contributed by atoms with Crippen molar-refractivity contribution in [3.63, 3.8) is 0 Å². The quantitative estimate of drug-likeness (QED) is 0.0905. The molecular weight excluding hydrogens is 642 g/mol. The molecular formula is C38H37N3O7S. The van der Waals surface area contributed by atoms with Gasteiger partial charge in [0, 0.05) is 34.6 Å². The molecule has 0 aliphatic carbocycles. The fourth-order valence-electron chi connectivity index (χ4n) is 5.39. The third kappa shape index (κ3) is 8.95. The zero-order valence-electron chi connectivity index (χ0n) is 26.9. The Morgan fingerprint density at radius 1 is 0.878 bits per heavy atom. The summed E-state index contributed by atoms with van der Waals surface area (Å²) in [4.78, 5) is 28.7. The van der Waals surface area contributed by atoms with E-state index in [1.807, 2.05) is 97.1 Å². The first kappa shape index (κ1) is 33.9. The van der Waals surface area contributed by atoms with E-state index in [4.69, 9.17) is 23.6 Å². The second-order valence-corrected chi connectivity index (χ2v) is 12.3. The van der Waals surface area contributed by atoms with Crippen molar-refractivity contribution in [1.82, 2.24) is 10.3 Å². The van der Waals surface area contributed by atoms with Gasteiger partial charge < -0.3 is 34.4 Å². The van der Waals surface area contributed by atoms with Crippen LogP contribution in [0.1, 0.15) is 42.4 Å². The van der Waals surface area contributed by atoms with Crippen molar-refractivity contribution in [2.45, 2.75) is 43.7 Å². The number of esters is 1. The molecule has 5 aromatic rings. The summed E-state index contributed by atoms with van der Waals surface area (Å²) >= 11 is 1.49. The number of urea groups is 1. The van der Waals surface area contributed by atoms with E-state index in [1.165, 1.54) is 11.8 Å². The number of hydrogen-bond acceptors (Lipinski definition) is 9. The molecule has 0 saturated carbocycles. The van der Waals surface area contributed by atoms with Crippen LogP contribution < -0.4 is 10.6 Å². The number of rotatable bonds is 12. The van der Waals surface area contributed by atoms with Crippen molar-refractivity contribution in [2.24, 2.45) is 0 Å². The zero-order chi connectivity index (χ0) is 34.0. The first-order chi connectivity index (χ1) is 24.0.